The van der Waals surface area contributed by atoms with Crippen LogP contribution in [-0.2, 0) is 32.0 Å². The van der Waals surface area contributed by atoms with Gasteiger partial charge >= 0.3 is 11.9 Å². The molecule has 0 spiro atoms. The van der Waals surface area contributed by atoms with E-state index in [4.69, 9.17) is 4.74 Å². The molecule has 2 atom stereocenters. The van der Waals surface area contributed by atoms with Crippen LogP contribution >= 0.6 is 0 Å². The molecule has 3 rings (SSSR count). The van der Waals surface area contributed by atoms with Gasteiger partial charge in [0.15, 0.2) is 0 Å². The maximum absolute atomic E-state index is 13.5. The zero-order chi connectivity index (χ0) is 24.0. The van der Waals surface area contributed by atoms with Gasteiger partial charge in [-0.2, -0.15) is 0 Å². The number of nitrogens with one attached hydrogen (secondary N) is 1. The SMILES string of the molecule is CC(C)(C)OC(=O)CN1C(=O)[C@H](NC(CCc2ccccc2)C(=O)O)CCc2ccccc21. The van der Waals surface area contributed by atoms with Gasteiger partial charge in [-0.1, -0.05) is 48.5 Å². The molecule has 0 aromatic heterocycles. The molecule has 1 heterocycles. The standard InChI is InChI=1S/C26H32N2O5/c1-26(2,3)33-23(29)17-28-22-12-8-7-11-19(22)14-16-20(24(28)30)27-21(25(31)32)15-13-18-9-5-4-6-10-18/h4-12,20-21,27H,13-17H2,1-3H3,(H,31,32)/t20-,21?/m1/s1. The highest BCUT2D eigenvalue weighted by molar-refractivity contribution is 6.02. The number of carbonyl (C=O) groups is 3. The highest BCUT2D eigenvalue weighted by atomic mass is 16.6. The van der Waals surface area contributed by atoms with Crippen molar-refractivity contribution in [2.24, 2.45) is 0 Å². The number of fused-ring (bicyclic) bond motifs is 1. The van der Waals surface area contributed by atoms with Crippen LogP contribution in [0, 0.1) is 0 Å². The molecule has 0 aliphatic carbocycles. The predicted octanol–water partition coefficient (Wildman–Crippen LogP) is 3.35. The third kappa shape index (κ3) is 6.89. The van der Waals surface area contributed by atoms with Gasteiger partial charge in [-0.05, 0) is 63.6 Å². The summed E-state index contributed by atoms with van der Waals surface area (Å²) in [7, 11) is 0. The van der Waals surface area contributed by atoms with E-state index in [0.29, 0.717) is 31.4 Å². The third-order valence-corrected chi connectivity index (χ3v) is 5.52. The monoisotopic (exact) mass is 452 g/mol. The molecule has 2 N–H and O–H groups in total. The number of anilines is 1. The molecule has 1 aliphatic rings. The fourth-order valence-corrected chi connectivity index (χ4v) is 4.01. The van der Waals surface area contributed by atoms with Crippen molar-refractivity contribution in [1.29, 1.82) is 0 Å². The zero-order valence-corrected chi connectivity index (χ0v) is 19.4. The van der Waals surface area contributed by atoms with Gasteiger partial charge in [0.05, 0.1) is 6.04 Å². The number of carboxylic acid groups (broad SMARTS) is 1. The van der Waals surface area contributed by atoms with Crippen LogP contribution in [0.4, 0.5) is 5.69 Å². The molecule has 2 aromatic rings. The third-order valence-electron chi connectivity index (χ3n) is 5.52. The van der Waals surface area contributed by atoms with Gasteiger partial charge < -0.3 is 9.84 Å². The van der Waals surface area contributed by atoms with E-state index in [1.165, 1.54) is 4.90 Å². The van der Waals surface area contributed by atoms with E-state index in [2.05, 4.69) is 5.32 Å². The summed E-state index contributed by atoms with van der Waals surface area (Å²) in [5, 5.41) is 12.8. The normalized spacial score (nSPS) is 17.1. The van der Waals surface area contributed by atoms with Gasteiger partial charge in [0.2, 0.25) is 5.91 Å². The molecule has 0 bridgehead atoms. The molecule has 2 aromatic carbocycles. The number of nitrogens with zero attached hydrogens (tertiary/aromatic N) is 1. The lowest BCUT2D eigenvalue weighted by molar-refractivity contribution is -0.153. The largest absolute Gasteiger partial charge is 0.480 e. The van der Waals surface area contributed by atoms with E-state index in [-0.39, 0.29) is 12.5 Å². The van der Waals surface area contributed by atoms with E-state index < -0.39 is 29.6 Å². The van der Waals surface area contributed by atoms with Gasteiger partial charge in [-0.3, -0.25) is 24.6 Å². The molecule has 0 saturated carbocycles. The summed E-state index contributed by atoms with van der Waals surface area (Å²) >= 11 is 0. The highest BCUT2D eigenvalue weighted by Crippen LogP contribution is 2.27. The van der Waals surface area contributed by atoms with Crippen molar-refractivity contribution in [3.8, 4) is 0 Å². The van der Waals surface area contributed by atoms with Crippen LogP contribution in [-0.4, -0.2) is 47.2 Å². The van der Waals surface area contributed by atoms with Crippen LogP contribution in [0.15, 0.2) is 54.6 Å². The van der Waals surface area contributed by atoms with Crippen molar-refractivity contribution in [1.82, 2.24) is 5.32 Å². The Labute approximate surface area is 194 Å². The number of aliphatic carboxylic acids is 1. The highest BCUT2D eigenvalue weighted by Gasteiger charge is 2.34. The Kier molecular flexibility index (Phi) is 7.87. The molecular formula is C26H32N2O5. The first-order valence-electron chi connectivity index (χ1n) is 11.3. The summed E-state index contributed by atoms with van der Waals surface area (Å²) in [5.74, 6) is -1.83. The maximum Gasteiger partial charge on any atom is 0.326 e. The number of rotatable bonds is 8. The maximum atomic E-state index is 13.5. The molecule has 7 heteroatoms. The smallest absolute Gasteiger partial charge is 0.326 e. The lowest BCUT2D eigenvalue weighted by atomic mass is 10.0. The number of esters is 1. The number of ether oxygens (including phenoxy) is 1. The van der Waals surface area contributed by atoms with Crippen molar-refractivity contribution >= 4 is 23.5 Å². The minimum absolute atomic E-state index is 0.229. The summed E-state index contributed by atoms with van der Waals surface area (Å²) < 4.78 is 5.44. The van der Waals surface area contributed by atoms with E-state index >= 15 is 0 Å². The molecule has 0 radical (unpaired) electrons. The van der Waals surface area contributed by atoms with Crippen LogP contribution in [0.2, 0.25) is 0 Å². The summed E-state index contributed by atoms with van der Waals surface area (Å²) in [6.45, 7) is 5.10. The van der Waals surface area contributed by atoms with Crippen LogP contribution in [0.5, 0.6) is 0 Å². The summed E-state index contributed by atoms with van der Waals surface area (Å²) in [6, 6.07) is 15.5. The van der Waals surface area contributed by atoms with Gasteiger partial charge in [-0.25, -0.2) is 0 Å². The van der Waals surface area contributed by atoms with E-state index in [9.17, 15) is 19.5 Å². The second-order valence-electron chi connectivity index (χ2n) is 9.31. The topological polar surface area (TPSA) is 95.9 Å². The van der Waals surface area contributed by atoms with E-state index in [1.807, 2.05) is 54.6 Å². The van der Waals surface area contributed by atoms with Crippen LogP contribution < -0.4 is 10.2 Å². The molecule has 33 heavy (non-hydrogen) atoms. The number of hydrogen-bond acceptors (Lipinski definition) is 5. The van der Waals surface area contributed by atoms with Crippen molar-refractivity contribution in [3.05, 3.63) is 65.7 Å². The van der Waals surface area contributed by atoms with Crippen molar-refractivity contribution in [3.63, 3.8) is 0 Å². The Morgan fingerprint density at radius 3 is 2.45 bits per heavy atom. The second-order valence-corrected chi connectivity index (χ2v) is 9.31. The number of amides is 1. The molecule has 1 unspecified atom stereocenters. The zero-order valence-electron chi connectivity index (χ0n) is 19.4. The molecular weight excluding hydrogens is 420 g/mol. The first kappa shape index (κ1) is 24.5. The lowest BCUT2D eigenvalue weighted by Gasteiger charge is -2.28. The number of para-hydroxylation sites is 1. The average Bonchev–Trinajstić information content (AvgIpc) is 2.88. The molecule has 0 saturated heterocycles. The minimum atomic E-state index is -1.00. The van der Waals surface area contributed by atoms with Crippen LogP contribution in [0.3, 0.4) is 0 Å². The number of carbonyl (C=O) groups excluding carboxylic acids is 2. The van der Waals surface area contributed by atoms with Gasteiger partial charge in [0, 0.05) is 5.69 Å². The lowest BCUT2D eigenvalue weighted by Crippen LogP contribution is -2.53. The summed E-state index contributed by atoms with van der Waals surface area (Å²) in [6.07, 6.45) is 1.96. The predicted molar refractivity (Wildman–Crippen MR) is 126 cm³/mol. The van der Waals surface area contributed by atoms with Gasteiger partial charge in [0.1, 0.15) is 18.2 Å². The van der Waals surface area contributed by atoms with E-state index in [1.54, 1.807) is 20.8 Å². The number of aryl methyl sites for hydroxylation is 2. The Bertz CT molecular complexity index is 984. The molecule has 176 valence electrons. The van der Waals surface area contributed by atoms with Crippen molar-refractivity contribution in [2.75, 3.05) is 11.4 Å². The Morgan fingerprint density at radius 1 is 1.12 bits per heavy atom. The van der Waals surface area contributed by atoms with Crippen molar-refractivity contribution < 1.29 is 24.2 Å². The second kappa shape index (κ2) is 10.6. The van der Waals surface area contributed by atoms with E-state index in [0.717, 1.165) is 11.1 Å². The van der Waals surface area contributed by atoms with Gasteiger partial charge in [-0.15, -0.1) is 0 Å². The summed E-state index contributed by atoms with van der Waals surface area (Å²) in [4.78, 5) is 39.4. The Hall–Kier alpha value is -3.19. The molecule has 1 amide bonds. The minimum Gasteiger partial charge on any atom is -0.480 e. The number of carboxylic acids is 1. The average molecular weight is 453 g/mol. The van der Waals surface area contributed by atoms with Crippen LogP contribution in [0.25, 0.3) is 0 Å². The molecule has 0 fully saturated rings. The number of benzene rings is 2. The Balaban J connectivity index is 1.78. The fourth-order valence-electron chi connectivity index (χ4n) is 4.01. The summed E-state index contributed by atoms with van der Waals surface area (Å²) in [5.41, 5.74) is 1.97. The Morgan fingerprint density at radius 2 is 1.79 bits per heavy atom. The quantitative estimate of drug-likeness (QED) is 0.597. The van der Waals surface area contributed by atoms with Crippen molar-refractivity contribution in [2.45, 2.75) is 64.1 Å². The fraction of sp³-hybridized carbons (Fsp3) is 0.423. The first-order chi connectivity index (χ1) is 15.6. The first-order valence-corrected chi connectivity index (χ1v) is 11.3. The molecule has 7 nitrogen and oxygen atoms in total. The molecule has 1 aliphatic heterocycles. The van der Waals surface area contributed by atoms with Gasteiger partial charge in [0.25, 0.3) is 0 Å². The van der Waals surface area contributed by atoms with Crippen LogP contribution in [0.1, 0.15) is 44.7 Å². The number of hydrogen-bond donors (Lipinski definition) is 2.